The first-order chi connectivity index (χ1) is 9.70. The van der Waals surface area contributed by atoms with Crippen molar-refractivity contribution in [3.05, 3.63) is 66.0 Å². The van der Waals surface area contributed by atoms with E-state index in [4.69, 9.17) is 5.11 Å². The first-order valence-electron chi connectivity index (χ1n) is 6.55. The van der Waals surface area contributed by atoms with Gasteiger partial charge >= 0.3 is 0 Å². The van der Waals surface area contributed by atoms with E-state index in [0.29, 0.717) is 18.7 Å². The quantitative estimate of drug-likeness (QED) is 0.850. The van der Waals surface area contributed by atoms with Gasteiger partial charge < -0.3 is 15.1 Å². The molecule has 2 aromatic rings. The Labute approximate surface area is 117 Å². The molecule has 1 unspecified atom stereocenters. The van der Waals surface area contributed by atoms with Crippen molar-refractivity contribution in [2.75, 3.05) is 24.6 Å². The van der Waals surface area contributed by atoms with Crippen molar-refractivity contribution in [2.45, 2.75) is 6.10 Å². The molecule has 0 fully saturated rings. The van der Waals surface area contributed by atoms with Crippen LogP contribution in [0, 0.1) is 5.82 Å². The highest BCUT2D eigenvalue weighted by atomic mass is 19.1. The second-order valence-electron chi connectivity index (χ2n) is 4.58. The lowest BCUT2D eigenvalue weighted by molar-refractivity contribution is 0.180. The van der Waals surface area contributed by atoms with Gasteiger partial charge in [0.25, 0.3) is 0 Å². The molecule has 3 nitrogen and oxygen atoms in total. The third-order valence-electron chi connectivity index (χ3n) is 3.12. The molecule has 2 rings (SSSR count). The number of benzene rings is 2. The summed E-state index contributed by atoms with van der Waals surface area (Å²) in [5.41, 5.74) is 1.45. The Kier molecular flexibility index (Phi) is 5.09. The third kappa shape index (κ3) is 3.79. The average Bonchev–Trinajstić information content (AvgIpc) is 2.47. The third-order valence-corrected chi connectivity index (χ3v) is 3.12. The maximum atomic E-state index is 13.2. The smallest absolute Gasteiger partial charge is 0.123 e. The van der Waals surface area contributed by atoms with Gasteiger partial charge in [0.2, 0.25) is 0 Å². The molecule has 0 aliphatic rings. The molecular weight excluding hydrogens is 257 g/mol. The fourth-order valence-electron chi connectivity index (χ4n) is 2.11. The van der Waals surface area contributed by atoms with Gasteiger partial charge in [0, 0.05) is 18.8 Å². The molecule has 2 aromatic carbocycles. The van der Waals surface area contributed by atoms with Crippen LogP contribution in [0.15, 0.2) is 54.6 Å². The lowest BCUT2D eigenvalue weighted by atomic mass is 10.1. The summed E-state index contributed by atoms with van der Waals surface area (Å²) >= 11 is 0. The lowest BCUT2D eigenvalue weighted by Gasteiger charge is -2.26. The summed E-state index contributed by atoms with van der Waals surface area (Å²) in [6, 6.07) is 15.5. The van der Waals surface area contributed by atoms with Gasteiger partial charge in [0.1, 0.15) is 5.82 Å². The maximum Gasteiger partial charge on any atom is 0.123 e. The van der Waals surface area contributed by atoms with E-state index >= 15 is 0 Å². The molecule has 20 heavy (non-hydrogen) atoms. The van der Waals surface area contributed by atoms with Crippen molar-refractivity contribution in [1.82, 2.24) is 0 Å². The first kappa shape index (κ1) is 14.5. The monoisotopic (exact) mass is 275 g/mol. The number of anilines is 1. The van der Waals surface area contributed by atoms with E-state index in [0.717, 1.165) is 5.69 Å². The predicted octanol–water partition coefficient (Wildman–Crippen LogP) is 2.36. The zero-order valence-corrected chi connectivity index (χ0v) is 11.1. The van der Waals surface area contributed by atoms with Gasteiger partial charge in [-0.25, -0.2) is 4.39 Å². The van der Waals surface area contributed by atoms with Crippen molar-refractivity contribution in [3.63, 3.8) is 0 Å². The number of aliphatic hydroxyl groups is 2. The molecule has 0 heterocycles. The van der Waals surface area contributed by atoms with Gasteiger partial charge in [-0.3, -0.25) is 0 Å². The topological polar surface area (TPSA) is 43.7 Å². The van der Waals surface area contributed by atoms with E-state index in [1.54, 1.807) is 12.1 Å². The van der Waals surface area contributed by atoms with E-state index in [1.165, 1.54) is 12.1 Å². The molecule has 0 aromatic heterocycles. The van der Waals surface area contributed by atoms with Gasteiger partial charge in [-0.1, -0.05) is 30.3 Å². The molecule has 4 heteroatoms. The Hall–Kier alpha value is -1.91. The van der Waals surface area contributed by atoms with Gasteiger partial charge in [-0.2, -0.15) is 0 Å². The second-order valence-corrected chi connectivity index (χ2v) is 4.58. The van der Waals surface area contributed by atoms with Crippen LogP contribution in [0.5, 0.6) is 0 Å². The van der Waals surface area contributed by atoms with Crippen LogP contribution in [0.25, 0.3) is 0 Å². The standard InChI is InChI=1S/C16H18FNO2/c17-14-6-4-5-13(11-14)16(20)12-18(9-10-19)15-7-2-1-3-8-15/h1-8,11,16,19-20H,9-10,12H2. The Morgan fingerprint density at radius 2 is 1.80 bits per heavy atom. The zero-order chi connectivity index (χ0) is 14.4. The number of hydrogen-bond donors (Lipinski definition) is 2. The normalized spacial score (nSPS) is 12.2. The minimum Gasteiger partial charge on any atom is -0.395 e. The van der Waals surface area contributed by atoms with Crippen molar-refractivity contribution in [1.29, 1.82) is 0 Å². The molecule has 1 atom stereocenters. The predicted molar refractivity (Wildman–Crippen MR) is 77.1 cm³/mol. The molecule has 0 saturated heterocycles. The molecule has 0 radical (unpaired) electrons. The SMILES string of the molecule is OCCN(CC(O)c1cccc(F)c1)c1ccccc1. The fourth-order valence-corrected chi connectivity index (χ4v) is 2.11. The summed E-state index contributed by atoms with van der Waals surface area (Å²) in [7, 11) is 0. The van der Waals surface area contributed by atoms with Gasteiger partial charge in [-0.15, -0.1) is 0 Å². The lowest BCUT2D eigenvalue weighted by Crippen LogP contribution is -2.31. The number of nitrogens with zero attached hydrogens (tertiary/aromatic N) is 1. The Morgan fingerprint density at radius 1 is 1.05 bits per heavy atom. The summed E-state index contributed by atoms with van der Waals surface area (Å²) in [6.07, 6.45) is -0.808. The summed E-state index contributed by atoms with van der Waals surface area (Å²) in [6.45, 7) is 0.704. The van der Waals surface area contributed by atoms with Crippen molar-refractivity contribution in [2.24, 2.45) is 0 Å². The van der Waals surface area contributed by atoms with Gasteiger partial charge in [0.15, 0.2) is 0 Å². The number of halogens is 1. The average molecular weight is 275 g/mol. The molecule has 0 spiro atoms. The van der Waals surface area contributed by atoms with E-state index < -0.39 is 6.10 Å². The fraction of sp³-hybridized carbons (Fsp3) is 0.250. The van der Waals surface area contributed by atoms with E-state index in [1.807, 2.05) is 35.2 Å². The van der Waals surface area contributed by atoms with Crippen LogP contribution in [-0.4, -0.2) is 29.9 Å². The van der Waals surface area contributed by atoms with Crippen LogP contribution in [0.3, 0.4) is 0 Å². The second kappa shape index (κ2) is 7.03. The number of hydrogen-bond acceptors (Lipinski definition) is 3. The van der Waals surface area contributed by atoms with Crippen LogP contribution < -0.4 is 4.90 Å². The van der Waals surface area contributed by atoms with Crippen LogP contribution >= 0.6 is 0 Å². The highest BCUT2D eigenvalue weighted by Crippen LogP contribution is 2.20. The highest BCUT2D eigenvalue weighted by Gasteiger charge is 2.14. The first-order valence-corrected chi connectivity index (χ1v) is 6.55. The van der Waals surface area contributed by atoms with Crippen LogP contribution in [-0.2, 0) is 0 Å². The largest absolute Gasteiger partial charge is 0.395 e. The van der Waals surface area contributed by atoms with E-state index in [2.05, 4.69) is 0 Å². The summed E-state index contributed by atoms with van der Waals surface area (Å²) < 4.78 is 13.2. The molecule has 106 valence electrons. The van der Waals surface area contributed by atoms with Crippen LogP contribution in [0.4, 0.5) is 10.1 Å². The van der Waals surface area contributed by atoms with Gasteiger partial charge in [-0.05, 0) is 29.8 Å². The molecule has 0 bridgehead atoms. The Bertz CT molecular complexity index is 533. The van der Waals surface area contributed by atoms with Crippen molar-refractivity contribution < 1.29 is 14.6 Å². The molecule has 0 aliphatic heterocycles. The minimum absolute atomic E-state index is 0.00916. The van der Waals surface area contributed by atoms with Crippen molar-refractivity contribution >= 4 is 5.69 Å². The van der Waals surface area contributed by atoms with Crippen LogP contribution in [0.2, 0.25) is 0 Å². The number of aliphatic hydroxyl groups excluding tert-OH is 2. The molecule has 0 aliphatic carbocycles. The summed E-state index contributed by atoms with van der Waals surface area (Å²) in [4.78, 5) is 1.87. The Morgan fingerprint density at radius 3 is 2.45 bits per heavy atom. The Balaban J connectivity index is 2.12. The number of rotatable bonds is 6. The number of para-hydroxylation sites is 1. The van der Waals surface area contributed by atoms with Crippen LogP contribution in [0.1, 0.15) is 11.7 Å². The van der Waals surface area contributed by atoms with Gasteiger partial charge in [0.05, 0.1) is 12.7 Å². The van der Waals surface area contributed by atoms with E-state index in [-0.39, 0.29) is 12.4 Å². The van der Waals surface area contributed by atoms with Crippen molar-refractivity contribution in [3.8, 4) is 0 Å². The maximum absolute atomic E-state index is 13.2. The molecule has 2 N–H and O–H groups in total. The molecule has 0 saturated carbocycles. The zero-order valence-electron chi connectivity index (χ0n) is 11.1. The summed E-state index contributed by atoms with van der Waals surface area (Å²) in [5.74, 6) is -0.366. The molecular formula is C16H18FNO2. The van der Waals surface area contributed by atoms with E-state index in [9.17, 15) is 9.50 Å². The minimum atomic E-state index is -0.808. The molecule has 0 amide bonds. The highest BCUT2D eigenvalue weighted by molar-refractivity contribution is 5.46. The summed E-state index contributed by atoms with van der Waals surface area (Å²) in [5, 5.41) is 19.4.